The molecule has 0 atom stereocenters. The van der Waals surface area contributed by atoms with Crippen molar-refractivity contribution < 1.29 is 4.52 Å². The van der Waals surface area contributed by atoms with Crippen molar-refractivity contribution in [3.63, 3.8) is 0 Å². The van der Waals surface area contributed by atoms with Crippen LogP contribution in [0.3, 0.4) is 0 Å². The van der Waals surface area contributed by atoms with Gasteiger partial charge in [-0.3, -0.25) is 0 Å². The van der Waals surface area contributed by atoms with Crippen LogP contribution in [0.2, 0.25) is 0 Å². The number of nitrogens with zero attached hydrogens (tertiary/aromatic N) is 1. The van der Waals surface area contributed by atoms with Gasteiger partial charge in [0.05, 0.1) is 5.69 Å². The minimum Gasteiger partial charge on any atom is -0.356 e. The zero-order chi connectivity index (χ0) is 7.84. The first-order valence-corrected chi connectivity index (χ1v) is 4.08. The van der Waals surface area contributed by atoms with E-state index in [1.54, 1.807) is 0 Å². The molecule has 11 heavy (non-hydrogen) atoms. The van der Waals surface area contributed by atoms with E-state index >= 15 is 0 Å². The van der Waals surface area contributed by atoms with Crippen LogP contribution >= 0.6 is 15.9 Å². The molecule has 0 saturated heterocycles. The van der Waals surface area contributed by atoms with Crippen LogP contribution in [-0.2, 0) is 0 Å². The second-order valence-corrected chi connectivity index (χ2v) is 3.32. The average molecular weight is 212 g/mol. The summed E-state index contributed by atoms with van der Waals surface area (Å²) in [6.45, 7) is 1.93. The summed E-state index contributed by atoms with van der Waals surface area (Å²) >= 11 is 3.38. The molecule has 1 aromatic carbocycles. The average Bonchev–Trinajstić information content (AvgIpc) is 2.33. The van der Waals surface area contributed by atoms with Gasteiger partial charge in [-0.2, -0.15) is 0 Å². The smallest absolute Gasteiger partial charge is 0.167 e. The zero-order valence-electron chi connectivity index (χ0n) is 5.97. The highest BCUT2D eigenvalue weighted by molar-refractivity contribution is 9.10. The van der Waals surface area contributed by atoms with Gasteiger partial charge in [-0.05, 0) is 25.1 Å². The molecule has 2 aromatic rings. The Morgan fingerprint density at radius 3 is 3.09 bits per heavy atom. The minimum absolute atomic E-state index is 0.839. The van der Waals surface area contributed by atoms with Crippen LogP contribution in [0, 0.1) is 6.92 Å². The zero-order valence-corrected chi connectivity index (χ0v) is 7.55. The van der Waals surface area contributed by atoms with Crippen LogP contribution in [0.5, 0.6) is 0 Å². The summed E-state index contributed by atoms with van der Waals surface area (Å²) in [6, 6.07) is 5.84. The van der Waals surface area contributed by atoms with Gasteiger partial charge >= 0.3 is 0 Å². The van der Waals surface area contributed by atoms with Gasteiger partial charge in [0.1, 0.15) is 0 Å². The molecule has 2 rings (SSSR count). The van der Waals surface area contributed by atoms with Crippen LogP contribution in [0.4, 0.5) is 0 Å². The Morgan fingerprint density at radius 2 is 2.27 bits per heavy atom. The highest BCUT2D eigenvalue weighted by Crippen LogP contribution is 2.21. The predicted octanol–water partition coefficient (Wildman–Crippen LogP) is 2.90. The number of rotatable bonds is 0. The van der Waals surface area contributed by atoms with Gasteiger partial charge in [-0.1, -0.05) is 21.1 Å². The van der Waals surface area contributed by atoms with Crippen LogP contribution < -0.4 is 0 Å². The molecule has 0 saturated carbocycles. The molecule has 2 nitrogen and oxygen atoms in total. The Morgan fingerprint density at radius 1 is 1.45 bits per heavy atom. The molecule has 56 valence electrons. The van der Waals surface area contributed by atoms with Crippen molar-refractivity contribution in [3.05, 3.63) is 28.4 Å². The Balaban J connectivity index is 2.87. The summed E-state index contributed by atoms with van der Waals surface area (Å²) in [6.07, 6.45) is 0. The first-order valence-electron chi connectivity index (χ1n) is 3.29. The summed E-state index contributed by atoms with van der Waals surface area (Å²) in [5.41, 5.74) is 1.77. The van der Waals surface area contributed by atoms with Crippen molar-refractivity contribution in [2.75, 3.05) is 0 Å². The number of fused-ring (bicyclic) bond motifs is 1. The van der Waals surface area contributed by atoms with Gasteiger partial charge in [0.15, 0.2) is 5.58 Å². The van der Waals surface area contributed by atoms with Gasteiger partial charge < -0.3 is 4.52 Å². The normalized spacial score (nSPS) is 10.7. The maximum atomic E-state index is 5.03. The molecule has 0 aliphatic heterocycles. The molecule has 0 fully saturated rings. The standard InChI is InChI=1S/C8H6BrNO/c1-5-7-4-6(9)2-3-8(7)11-10-5/h2-4H,1H3. The number of aromatic nitrogens is 1. The van der Waals surface area contributed by atoms with E-state index in [-0.39, 0.29) is 0 Å². The van der Waals surface area contributed by atoms with E-state index in [2.05, 4.69) is 21.1 Å². The third-order valence-corrected chi connectivity index (χ3v) is 2.11. The van der Waals surface area contributed by atoms with Crippen molar-refractivity contribution in [1.82, 2.24) is 5.16 Å². The number of hydrogen-bond acceptors (Lipinski definition) is 2. The number of benzene rings is 1. The molecule has 0 radical (unpaired) electrons. The highest BCUT2D eigenvalue weighted by Gasteiger charge is 2.02. The number of aryl methyl sites for hydroxylation is 1. The molecule has 0 aliphatic carbocycles. The molecule has 0 aliphatic rings. The first kappa shape index (κ1) is 6.85. The van der Waals surface area contributed by atoms with E-state index in [1.165, 1.54) is 0 Å². The van der Waals surface area contributed by atoms with Gasteiger partial charge in [0, 0.05) is 9.86 Å². The molecular formula is C8H6BrNO. The summed E-state index contributed by atoms with van der Waals surface area (Å²) in [5.74, 6) is 0. The predicted molar refractivity (Wildman–Crippen MR) is 46.4 cm³/mol. The summed E-state index contributed by atoms with van der Waals surface area (Å²) in [4.78, 5) is 0. The minimum atomic E-state index is 0.839. The molecule has 0 N–H and O–H groups in total. The maximum Gasteiger partial charge on any atom is 0.167 e. The van der Waals surface area contributed by atoms with E-state index in [9.17, 15) is 0 Å². The van der Waals surface area contributed by atoms with Crippen molar-refractivity contribution in [2.45, 2.75) is 6.92 Å². The topological polar surface area (TPSA) is 26.0 Å². The Bertz CT molecular complexity index is 394. The Kier molecular flexibility index (Phi) is 1.46. The summed E-state index contributed by atoms with van der Waals surface area (Å²) < 4.78 is 6.08. The van der Waals surface area contributed by atoms with Crippen LogP contribution in [0.1, 0.15) is 5.69 Å². The van der Waals surface area contributed by atoms with E-state index in [0.29, 0.717) is 0 Å². The lowest BCUT2D eigenvalue weighted by Gasteiger charge is -1.87. The number of hydrogen-bond donors (Lipinski definition) is 0. The lowest BCUT2D eigenvalue weighted by Crippen LogP contribution is -1.69. The molecular weight excluding hydrogens is 206 g/mol. The molecule has 0 unspecified atom stereocenters. The van der Waals surface area contributed by atoms with Crippen LogP contribution in [0.15, 0.2) is 27.2 Å². The molecule has 0 spiro atoms. The van der Waals surface area contributed by atoms with E-state index in [4.69, 9.17) is 4.52 Å². The van der Waals surface area contributed by atoms with Crippen molar-refractivity contribution in [2.24, 2.45) is 0 Å². The van der Waals surface area contributed by atoms with Crippen LogP contribution in [0.25, 0.3) is 11.0 Å². The van der Waals surface area contributed by atoms with Gasteiger partial charge in [0.2, 0.25) is 0 Å². The summed E-state index contributed by atoms with van der Waals surface area (Å²) in [5, 5.41) is 4.91. The fourth-order valence-corrected chi connectivity index (χ4v) is 1.39. The largest absolute Gasteiger partial charge is 0.356 e. The van der Waals surface area contributed by atoms with Crippen LogP contribution in [-0.4, -0.2) is 5.16 Å². The fraction of sp³-hybridized carbons (Fsp3) is 0.125. The van der Waals surface area contributed by atoms with Crippen molar-refractivity contribution >= 4 is 26.9 Å². The van der Waals surface area contributed by atoms with Crippen molar-refractivity contribution in [1.29, 1.82) is 0 Å². The third kappa shape index (κ3) is 1.05. The van der Waals surface area contributed by atoms with Crippen molar-refractivity contribution in [3.8, 4) is 0 Å². The Labute approximate surface area is 72.3 Å². The van der Waals surface area contributed by atoms with E-state index in [1.807, 2.05) is 25.1 Å². The lowest BCUT2D eigenvalue weighted by molar-refractivity contribution is 0.450. The third-order valence-electron chi connectivity index (χ3n) is 1.61. The molecule has 0 bridgehead atoms. The van der Waals surface area contributed by atoms with E-state index in [0.717, 1.165) is 21.1 Å². The molecule has 1 heterocycles. The van der Waals surface area contributed by atoms with Gasteiger partial charge in [-0.25, -0.2) is 0 Å². The van der Waals surface area contributed by atoms with E-state index < -0.39 is 0 Å². The second-order valence-electron chi connectivity index (χ2n) is 2.41. The lowest BCUT2D eigenvalue weighted by atomic mass is 10.2. The molecule has 0 amide bonds. The maximum absolute atomic E-state index is 5.03. The quantitative estimate of drug-likeness (QED) is 0.670. The second kappa shape index (κ2) is 2.34. The van der Waals surface area contributed by atoms with Gasteiger partial charge in [0.25, 0.3) is 0 Å². The monoisotopic (exact) mass is 211 g/mol. The Hall–Kier alpha value is -0.830. The number of halogens is 1. The molecule has 1 aromatic heterocycles. The highest BCUT2D eigenvalue weighted by atomic mass is 79.9. The molecule has 3 heteroatoms. The SMILES string of the molecule is Cc1noc2ccc(Br)cc12. The summed E-state index contributed by atoms with van der Waals surface area (Å²) in [7, 11) is 0. The fourth-order valence-electron chi connectivity index (χ4n) is 1.03. The first-order chi connectivity index (χ1) is 5.27. The van der Waals surface area contributed by atoms with Gasteiger partial charge in [-0.15, -0.1) is 0 Å².